The number of nitrogens with zero attached hydrogens (tertiary/aromatic N) is 1. The molecule has 2 aromatic carbocycles. The molecule has 1 aromatic heterocycles. The Morgan fingerprint density at radius 2 is 1.94 bits per heavy atom. The zero-order valence-electron chi connectivity index (χ0n) is 18.9. The lowest BCUT2D eigenvalue weighted by Gasteiger charge is -2.29. The van der Waals surface area contributed by atoms with Crippen molar-refractivity contribution in [1.82, 2.24) is 4.90 Å². The number of ether oxygens (including phenoxy) is 1. The fourth-order valence-corrected chi connectivity index (χ4v) is 6.13. The second kappa shape index (κ2) is 9.02. The van der Waals surface area contributed by atoms with Crippen LogP contribution in [0.15, 0.2) is 57.7 Å². The average molecular weight is 470 g/mol. The van der Waals surface area contributed by atoms with Gasteiger partial charge in [0.05, 0.1) is 22.5 Å². The highest BCUT2D eigenvalue weighted by Crippen LogP contribution is 2.27. The number of carbonyl (C=O) groups is 1. The number of rotatable bonds is 6. The first kappa shape index (κ1) is 23.0. The summed E-state index contributed by atoms with van der Waals surface area (Å²) in [5.41, 5.74) is 1.56. The van der Waals surface area contributed by atoms with Crippen LogP contribution in [-0.4, -0.2) is 49.4 Å². The van der Waals surface area contributed by atoms with Crippen LogP contribution < -0.4 is 10.2 Å². The SMILES string of the molecule is CCN(C(=O)[C@H](C)Oc1ccc2c(=O)c(-c3ccccc3)c(C)oc2c1)[C@H]1CCS(=O)(=O)C1. The third kappa shape index (κ3) is 4.66. The Kier molecular flexibility index (Phi) is 6.30. The molecule has 8 heteroatoms. The summed E-state index contributed by atoms with van der Waals surface area (Å²) in [6, 6.07) is 13.9. The molecule has 0 bridgehead atoms. The van der Waals surface area contributed by atoms with Crippen LogP contribution in [0, 0.1) is 6.92 Å². The molecule has 174 valence electrons. The van der Waals surface area contributed by atoms with Gasteiger partial charge in [-0.3, -0.25) is 9.59 Å². The first-order valence-electron chi connectivity index (χ1n) is 11.0. The summed E-state index contributed by atoms with van der Waals surface area (Å²) in [5.74, 6) is 0.721. The maximum Gasteiger partial charge on any atom is 0.263 e. The monoisotopic (exact) mass is 469 g/mol. The molecule has 1 aliphatic rings. The van der Waals surface area contributed by atoms with Crippen molar-refractivity contribution in [2.75, 3.05) is 18.1 Å². The first-order valence-corrected chi connectivity index (χ1v) is 12.8. The summed E-state index contributed by atoms with van der Waals surface area (Å²) in [4.78, 5) is 27.7. The molecule has 3 aromatic rings. The van der Waals surface area contributed by atoms with Crippen LogP contribution in [0.25, 0.3) is 22.1 Å². The van der Waals surface area contributed by atoms with E-state index in [1.165, 1.54) is 0 Å². The van der Waals surface area contributed by atoms with Crippen molar-refractivity contribution in [2.45, 2.75) is 39.3 Å². The summed E-state index contributed by atoms with van der Waals surface area (Å²) in [5, 5.41) is 0.428. The number of likely N-dealkylation sites (N-methyl/N-ethyl adjacent to an activating group) is 1. The summed E-state index contributed by atoms with van der Waals surface area (Å²) < 4.78 is 35.5. The number of carbonyl (C=O) groups excluding carboxylic acids is 1. The molecule has 0 saturated carbocycles. The van der Waals surface area contributed by atoms with Gasteiger partial charge in [0.1, 0.15) is 17.1 Å². The van der Waals surface area contributed by atoms with Gasteiger partial charge in [-0.05, 0) is 44.9 Å². The van der Waals surface area contributed by atoms with Crippen LogP contribution in [0.2, 0.25) is 0 Å². The van der Waals surface area contributed by atoms with Crippen molar-refractivity contribution in [3.05, 3.63) is 64.5 Å². The second-order valence-electron chi connectivity index (χ2n) is 8.33. The van der Waals surface area contributed by atoms with Gasteiger partial charge < -0.3 is 14.1 Å². The highest BCUT2D eigenvalue weighted by Gasteiger charge is 2.35. The minimum absolute atomic E-state index is 0.0105. The van der Waals surface area contributed by atoms with E-state index in [1.807, 2.05) is 37.3 Å². The van der Waals surface area contributed by atoms with Crippen molar-refractivity contribution in [3.63, 3.8) is 0 Å². The predicted molar refractivity (Wildman–Crippen MR) is 127 cm³/mol. The molecular formula is C25H27NO6S. The van der Waals surface area contributed by atoms with Gasteiger partial charge in [0.25, 0.3) is 5.91 Å². The Balaban J connectivity index is 1.58. The molecule has 0 radical (unpaired) electrons. The van der Waals surface area contributed by atoms with Crippen molar-refractivity contribution in [2.24, 2.45) is 0 Å². The molecule has 1 fully saturated rings. The first-order chi connectivity index (χ1) is 15.7. The Bertz CT molecular complexity index is 1350. The van der Waals surface area contributed by atoms with E-state index in [2.05, 4.69) is 0 Å². The molecule has 1 saturated heterocycles. The van der Waals surface area contributed by atoms with Gasteiger partial charge in [-0.1, -0.05) is 30.3 Å². The number of benzene rings is 2. The number of hydrogen-bond donors (Lipinski definition) is 0. The molecule has 0 spiro atoms. The highest BCUT2D eigenvalue weighted by atomic mass is 32.2. The fourth-order valence-electron chi connectivity index (χ4n) is 4.40. The van der Waals surface area contributed by atoms with E-state index >= 15 is 0 Å². The van der Waals surface area contributed by atoms with E-state index in [4.69, 9.17) is 9.15 Å². The molecule has 0 aliphatic carbocycles. The maximum atomic E-state index is 13.1. The Morgan fingerprint density at radius 1 is 1.21 bits per heavy atom. The molecule has 0 N–H and O–H groups in total. The van der Waals surface area contributed by atoms with E-state index < -0.39 is 15.9 Å². The van der Waals surface area contributed by atoms with Crippen LogP contribution in [0.1, 0.15) is 26.0 Å². The van der Waals surface area contributed by atoms with Crippen LogP contribution in [0.3, 0.4) is 0 Å². The molecule has 1 aliphatic heterocycles. The van der Waals surface area contributed by atoms with Crippen molar-refractivity contribution in [1.29, 1.82) is 0 Å². The maximum absolute atomic E-state index is 13.1. The third-order valence-corrected chi connectivity index (χ3v) is 7.79. The standard InChI is InChI=1S/C25H27NO6S/c1-4-26(19-12-13-33(29,30)15-19)25(28)17(3)31-20-10-11-21-22(14-20)32-16(2)23(24(21)27)18-8-6-5-7-9-18/h5-11,14,17,19H,4,12-13,15H2,1-3H3/t17-,19-/m0/s1. The number of hydrogen-bond acceptors (Lipinski definition) is 6. The summed E-state index contributed by atoms with van der Waals surface area (Å²) in [7, 11) is -3.10. The van der Waals surface area contributed by atoms with Gasteiger partial charge in [0, 0.05) is 18.7 Å². The number of fused-ring (bicyclic) bond motifs is 1. The number of amides is 1. The van der Waals surface area contributed by atoms with E-state index in [-0.39, 0.29) is 28.9 Å². The lowest BCUT2D eigenvalue weighted by molar-refractivity contribution is -0.139. The highest BCUT2D eigenvalue weighted by molar-refractivity contribution is 7.91. The fraction of sp³-hybridized carbons (Fsp3) is 0.360. The summed E-state index contributed by atoms with van der Waals surface area (Å²) >= 11 is 0. The molecule has 33 heavy (non-hydrogen) atoms. The average Bonchev–Trinajstić information content (AvgIpc) is 3.14. The smallest absolute Gasteiger partial charge is 0.263 e. The van der Waals surface area contributed by atoms with E-state index in [1.54, 1.807) is 36.9 Å². The molecular weight excluding hydrogens is 442 g/mol. The molecule has 2 atom stereocenters. The lowest BCUT2D eigenvalue weighted by atomic mass is 10.0. The quantitative estimate of drug-likeness (QED) is 0.548. The Morgan fingerprint density at radius 3 is 2.58 bits per heavy atom. The minimum atomic E-state index is -3.10. The topological polar surface area (TPSA) is 93.9 Å². The van der Waals surface area contributed by atoms with Crippen molar-refractivity contribution >= 4 is 26.7 Å². The van der Waals surface area contributed by atoms with Gasteiger partial charge in [-0.15, -0.1) is 0 Å². The lowest BCUT2D eigenvalue weighted by Crippen LogP contribution is -2.46. The van der Waals surface area contributed by atoms with Gasteiger partial charge in [-0.25, -0.2) is 8.42 Å². The molecule has 2 heterocycles. The normalized spacial score (nSPS) is 18.2. The zero-order valence-corrected chi connectivity index (χ0v) is 19.7. The van der Waals surface area contributed by atoms with Gasteiger partial charge in [0.15, 0.2) is 15.9 Å². The van der Waals surface area contributed by atoms with Crippen molar-refractivity contribution < 1.29 is 22.4 Å². The molecule has 7 nitrogen and oxygen atoms in total. The summed E-state index contributed by atoms with van der Waals surface area (Å²) in [6.45, 7) is 5.62. The van der Waals surface area contributed by atoms with Gasteiger partial charge >= 0.3 is 0 Å². The van der Waals surface area contributed by atoms with Crippen LogP contribution in [0.5, 0.6) is 5.75 Å². The van der Waals surface area contributed by atoms with E-state index in [0.29, 0.717) is 41.0 Å². The molecule has 4 rings (SSSR count). The minimum Gasteiger partial charge on any atom is -0.481 e. The molecule has 0 unspecified atom stereocenters. The van der Waals surface area contributed by atoms with Crippen molar-refractivity contribution in [3.8, 4) is 16.9 Å². The van der Waals surface area contributed by atoms with Gasteiger partial charge in [-0.2, -0.15) is 0 Å². The van der Waals surface area contributed by atoms with E-state index in [9.17, 15) is 18.0 Å². The largest absolute Gasteiger partial charge is 0.481 e. The number of aryl methyl sites for hydroxylation is 1. The second-order valence-corrected chi connectivity index (χ2v) is 10.6. The van der Waals surface area contributed by atoms with Crippen LogP contribution in [-0.2, 0) is 14.6 Å². The van der Waals surface area contributed by atoms with Crippen LogP contribution in [0.4, 0.5) is 0 Å². The van der Waals surface area contributed by atoms with Crippen LogP contribution >= 0.6 is 0 Å². The zero-order chi connectivity index (χ0) is 23.8. The van der Waals surface area contributed by atoms with E-state index in [0.717, 1.165) is 5.56 Å². The van der Waals surface area contributed by atoms with Gasteiger partial charge in [0.2, 0.25) is 5.43 Å². The molecule has 1 amide bonds. The predicted octanol–water partition coefficient (Wildman–Crippen LogP) is 3.57. The Hall–Kier alpha value is -3.13. The third-order valence-electron chi connectivity index (χ3n) is 6.04. The Labute approximate surface area is 192 Å². The summed E-state index contributed by atoms with van der Waals surface area (Å²) in [6.07, 6.45) is -0.374. The number of sulfone groups is 1.